The second-order valence-corrected chi connectivity index (χ2v) is 4.48. The lowest BCUT2D eigenvalue weighted by Gasteiger charge is -2.07. The van der Waals surface area contributed by atoms with Gasteiger partial charge in [-0.1, -0.05) is 35.4 Å². The first-order chi connectivity index (χ1) is 8.50. The first-order valence-electron chi connectivity index (χ1n) is 5.33. The molecule has 1 N–H and O–H groups in total. The number of hydrogen-bond donors (Lipinski definition) is 1. The van der Waals surface area contributed by atoms with E-state index in [4.69, 9.17) is 27.9 Å². The summed E-state index contributed by atoms with van der Waals surface area (Å²) >= 11 is 11.4. The molecule has 0 atom stereocenters. The molecule has 1 aromatic rings. The normalized spacial score (nSPS) is 10.2. The Morgan fingerprint density at radius 1 is 1.50 bits per heavy atom. The molecule has 0 aliphatic carbocycles. The zero-order valence-corrected chi connectivity index (χ0v) is 11.5. The molecule has 0 unspecified atom stereocenters. The van der Waals surface area contributed by atoms with Crippen molar-refractivity contribution in [2.75, 3.05) is 19.8 Å². The number of halogens is 2. The summed E-state index contributed by atoms with van der Waals surface area (Å²) < 4.78 is 5.25. The van der Waals surface area contributed by atoms with Crippen molar-refractivity contribution in [2.45, 2.75) is 6.92 Å². The van der Waals surface area contributed by atoms with E-state index in [-0.39, 0.29) is 16.2 Å². The highest BCUT2D eigenvalue weighted by Crippen LogP contribution is 2.16. The number of pyridine rings is 1. The van der Waals surface area contributed by atoms with Crippen LogP contribution in [0.2, 0.25) is 10.3 Å². The number of nitrogens with zero attached hydrogens (tertiary/aromatic N) is 1. The van der Waals surface area contributed by atoms with Crippen molar-refractivity contribution < 1.29 is 9.53 Å². The molecule has 0 aliphatic heterocycles. The summed E-state index contributed by atoms with van der Waals surface area (Å²) in [5.74, 6) is -0.303. The number of aromatic nitrogens is 1. The quantitative estimate of drug-likeness (QED) is 0.497. The Morgan fingerprint density at radius 3 is 2.83 bits per heavy atom. The summed E-state index contributed by atoms with van der Waals surface area (Å²) in [6, 6.07) is 3.04. The minimum Gasteiger partial charge on any atom is -0.375 e. The highest BCUT2D eigenvalue weighted by molar-refractivity contribution is 6.34. The summed E-state index contributed by atoms with van der Waals surface area (Å²) in [5.41, 5.74) is 1.23. The summed E-state index contributed by atoms with van der Waals surface area (Å²) in [6.07, 6.45) is 0. The van der Waals surface area contributed by atoms with Crippen LogP contribution in [0.25, 0.3) is 0 Å². The third-order valence-electron chi connectivity index (χ3n) is 1.94. The average molecular weight is 289 g/mol. The molecule has 0 spiro atoms. The van der Waals surface area contributed by atoms with Crippen LogP contribution < -0.4 is 5.32 Å². The number of nitrogens with one attached hydrogen (secondary N) is 1. The molecule has 18 heavy (non-hydrogen) atoms. The van der Waals surface area contributed by atoms with Gasteiger partial charge in [0, 0.05) is 6.54 Å². The van der Waals surface area contributed by atoms with Crippen molar-refractivity contribution in [3.8, 4) is 0 Å². The van der Waals surface area contributed by atoms with E-state index in [1.807, 2.05) is 6.92 Å². The molecule has 0 aromatic carbocycles. The SMILES string of the molecule is C=C(C)COCCNC(=O)c1ccc(Cl)nc1Cl. The summed E-state index contributed by atoms with van der Waals surface area (Å²) in [6.45, 7) is 6.87. The van der Waals surface area contributed by atoms with E-state index in [1.54, 1.807) is 0 Å². The average Bonchev–Trinajstić information content (AvgIpc) is 2.27. The predicted octanol–water partition coefficient (Wildman–Crippen LogP) is 2.71. The number of amides is 1. The fourth-order valence-corrected chi connectivity index (χ4v) is 1.59. The van der Waals surface area contributed by atoms with Gasteiger partial charge in [0.2, 0.25) is 0 Å². The molecular formula is C12H14Cl2N2O2. The van der Waals surface area contributed by atoms with Crippen LogP contribution in [0.4, 0.5) is 0 Å². The molecule has 1 heterocycles. The first kappa shape index (κ1) is 15.0. The Morgan fingerprint density at radius 2 is 2.22 bits per heavy atom. The molecule has 0 saturated carbocycles. The largest absolute Gasteiger partial charge is 0.375 e. The molecule has 98 valence electrons. The minimum atomic E-state index is -0.303. The van der Waals surface area contributed by atoms with Crippen LogP contribution in [0.3, 0.4) is 0 Å². The Hall–Kier alpha value is -1.10. The van der Waals surface area contributed by atoms with E-state index in [9.17, 15) is 4.79 Å². The standard InChI is InChI=1S/C12H14Cl2N2O2/c1-8(2)7-18-6-5-15-12(17)9-3-4-10(13)16-11(9)14/h3-4H,1,5-7H2,2H3,(H,15,17). The maximum Gasteiger partial charge on any atom is 0.254 e. The van der Waals surface area contributed by atoms with E-state index >= 15 is 0 Å². The number of carbonyl (C=O) groups is 1. The van der Waals surface area contributed by atoms with Gasteiger partial charge in [0.25, 0.3) is 5.91 Å². The summed E-state index contributed by atoms with van der Waals surface area (Å²) in [7, 11) is 0. The van der Waals surface area contributed by atoms with Crippen LogP contribution in [-0.4, -0.2) is 30.6 Å². The second kappa shape index (κ2) is 7.36. The van der Waals surface area contributed by atoms with Gasteiger partial charge in [0.1, 0.15) is 10.3 Å². The van der Waals surface area contributed by atoms with Crippen LogP contribution in [0.15, 0.2) is 24.3 Å². The van der Waals surface area contributed by atoms with Gasteiger partial charge in [-0.05, 0) is 19.1 Å². The molecule has 4 nitrogen and oxygen atoms in total. The summed E-state index contributed by atoms with van der Waals surface area (Å²) in [4.78, 5) is 15.5. The molecule has 0 aliphatic rings. The molecule has 0 bridgehead atoms. The van der Waals surface area contributed by atoms with Crippen LogP contribution in [0.1, 0.15) is 17.3 Å². The van der Waals surface area contributed by atoms with Crippen molar-refractivity contribution in [1.82, 2.24) is 10.3 Å². The van der Waals surface area contributed by atoms with E-state index in [0.29, 0.717) is 25.3 Å². The molecule has 6 heteroatoms. The zero-order chi connectivity index (χ0) is 13.5. The van der Waals surface area contributed by atoms with Gasteiger partial charge >= 0.3 is 0 Å². The maximum atomic E-state index is 11.7. The molecule has 0 radical (unpaired) electrons. The van der Waals surface area contributed by atoms with Crippen molar-refractivity contribution in [1.29, 1.82) is 0 Å². The molecule has 1 amide bonds. The number of carbonyl (C=O) groups excluding carboxylic acids is 1. The maximum absolute atomic E-state index is 11.7. The number of rotatable bonds is 6. The van der Waals surface area contributed by atoms with Gasteiger partial charge < -0.3 is 10.1 Å². The van der Waals surface area contributed by atoms with Crippen molar-refractivity contribution in [3.63, 3.8) is 0 Å². The van der Waals surface area contributed by atoms with Gasteiger partial charge in [0.15, 0.2) is 0 Å². The van der Waals surface area contributed by atoms with Gasteiger partial charge in [-0.15, -0.1) is 0 Å². The summed E-state index contributed by atoms with van der Waals surface area (Å²) in [5, 5.41) is 3.01. The fraction of sp³-hybridized carbons (Fsp3) is 0.333. The lowest BCUT2D eigenvalue weighted by atomic mass is 10.2. The van der Waals surface area contributed by atoms with E-state index in [0.717, 1.165) is 5.57 Å². The van der Waals surface area contributed by atoms with Crippen molar-refractivity contribution in [2.24, 2.45) is 0 Å². The number of hydrogen-bond acceptors (Lipinski definition) is 3. The third kappa shape index (κ3) is 5.04. The van der Waals surface area contributed by atoms with Gasteiger partial charge in [0.05, 0.1) is 18.8 Å². The smallest absolute Gasteiger partial charge is 0.254 e. The monoisotopic (exact) mass is 288 g/mol. The van der Waals surface area contributed by atoms with E-state index in [2.05, 4.69) is 16.9 Å². The molecule has 0 fully saturated rings. The Bertz CT molecular complexity index is 450. The zero-order valence-electron chi connectivity index (χ0n) is 10.0. The van der Waals surface area contributed by atoms with Crippen molar-refractivity contribution >= 4 is 29.1 Å². The number of ether oxygens (including phenoxy) is 1. The Balaban J connectivity index is 2.39. The van der Waals surface area contributed by atoms with Crippen LogP contribution in [-0.2, 0) is 4.74 Å². The van der Waals surface area contributed by atoms with Crippen LogP contribution in [0, 0.1) is 0 Å². The second-order valence-electron chi connectivity index (χ2n) is 3.74. The molecule has 1 aromatic heterocycles. The Labute approximate surface area is 116 Å². The van der Waals surface area contributed by atoms with E-state index < -0.39 is 0 Å². The molecule has 1 rings (SSSR count). The lowest BCUT2D eigenvalue weighted by molar-refractivity contribution is 0.0926. The van der Waals surface area contributed by atoms with Gasteiger partial charge in [-0.25, -0.2) is 4.98 Å². The molecule has 0 saturated heterocycles. The van der Waals surface area contributed by atoms with Crippen LogP contribution in [0.5, 0.6) is 0 Å². The van der Waals surface area contributed by atoms with Gasteiger partial charge in [-0.3, -0.25) is 4.79 Å². The third-order valence-corrected chi connectivity index (χ3v) is 2.44. The fourth-order valence-electron chi connectivity index (χ4n) is 1.16. The highest BCUT2D eigenvalue weighted by atomic mass is 35.5. The minimum absolute atomic E-state index is 0.0860. The lowest BCUT2D eigenvalue weighted by Crippen LogP contribution is -2.27. The van der Waals surface area contributed by atoms with Crippen LogP contribution >= 0.6 is 23.2 Å². The predicted molar refractivity (Wildman–Crippen MR) is 72.2 cm³/mol. The first-order valence-corrected chi connectivity index (χ1v) is 6.08. The Kier molecular flexibility index (Phi) is 6.12. The topological polar surface area (TPSA) is 51.2 Å². The molecular weight excluding hydrogens is 275 g/mol. The highest BCUT2D eigenvalue weighted by Gasteiger charge is 2.10. The van der Waals surface area contributed by atoms with Crippen molar-refractivity contribution in [3.05, 3.63) is 40.2 Å². The van der Waals surface area contributed by atoms with E-state index in [1.165, 1.54) is 12.1 Å². The van der Waals surface area contributed by atoms with Gasteiger partial charge in [-0.2, -0.15) is 0 Å².